The van der Waals surface area contributed by atoms with Crippen molar-refractivity contribution in [1.29, 1.82) is 0 Å². The summed E-state index contributed by atoms with van der Waals surface area (Å²) in [6.45, 7) is 17.5. The zero-order valence-corrected chi connectivity index (χ0v) is 21.6. The Kier molecular flexibility index (Phi) is 9.54. The van der Waals surface area contributed by atoms with Crippen LogP contribution in [0.4, 0.5) is 0 Å². The molecule has 0 radical (unpaired) electrons. The summed E-state index contributed by atoms with van der Waals surface area (Å²) in [7, 11) is -3.05. The van der Waals surface area contributed by atoms with E-state index in [4.69, 9.17) is 9.05 Å². The first-order valence-corrected chi connectivity index (χ1v) is 13.4. The fourth-order valence-electron chi connectivity index (χ4n) is 3.84. The molecular formula is C25H42N2O3P+. The summed E-state index contributed by atoms with van der Waals surface area (Å²) in [4.78, 5) is 0. The monoisotopic (exact) mass is 449 g/mol. The smallest absolute Gasteiger partial charge is 0.306 e. The number of imidazole rings is 1. The van der Waals surface area contributed by atoms with E-state index < -0.39 is 7.60 Å². The van der Waals surface area contributed by atoms with Crippen LogP contribution in [0.15, 0.2) is 36.9 Å². The standard InChI is InChI=1S/C25H42N2O3P/c1-19(2)23-12-11-13-24(20(3)4)25(23)27-16-15-26(18-27)14-9-10-17-31(28,29-21(5)6)30-22(7)8/h11-13,15-16,18-22H,9-10,14,17H2,1-8H3/q+1. The molecule has 1 aromatic heterocycles. The van der Waals surface area contributed by atoms with E-state index in [1.165, 1.54) is 16.8 Å². The van der Waals surface area contributed by atoms with Crippen molar-refractivity contribution in [3.05, 3.63) is 48.0 Å². The predicted molar refractivity (Wildman–Crippen MR) is 128 cm³/mol. The SMILES string of the molecule is CC(C)OP(=O)(CCCC[n+]1ccn(-c2c(C(C)C)cccc2C(C)C)c1)OC(C)C. The molecule has 0 fully saturated rings. The normalized spacial score (nSPS) is 12.6. The molecule has 2 rings (SSSR count). The van der Waals surface area contributed by atoms with E-state index in [-0.39, 0.29) is 12.2 Å². The van der Waals surface area contributed by atoms with E-state index in [0.29, 0.717) is 18.0 Å². The molecule has 0 bridgehead atoms. The lowest BCUT2D eigenvalue weighted by Gasteiger charge is -2.22. The van der Waals surface area contributed by atoms with E-state index >= 15 is 0 Å². The molecule has 31 heavy (non-hydrogen) atoms. The molecule has 174 valence electrons. The van der Waals surface area contributed by atoms with Gasteiger partial charge in [-0.15, -0.1) is 0 Å². The number of hydrogen-bond acceptors (Lipinski definition) is 3. The maximum atomic E-state index is 13.0. The summed E-state index contributed by atoms with van der Waals surface area (Å²) in [5.74, 6) is 0.918. The van der Waals surface area contributed by atoms with Crippen LogP contribution in [0.5, 0.6) is 0 Å². The lowest BCUT2D eigenvalue weighted by Crippen LogP contribution is -2.31. The maximum Gasteiger partial charge on any atom is 0.331 e. The molecule has 1 aromatic carbocycles. The van der Waals surface area contributed by atoms with E-state index in [1.807, 2.05) is 27.7 Å². The van der Waals surface area contributed by atoms with Crippen molar-refractivity contribution in [3.8, 4) is 5.69 Å². The summed E-state index contributed by atoms with van der Waals surface area (Å²) in [6.07, 6.45) is 8.39. The number of nitrogens with zero attached hydrogens (tertiary/aromatic N) is 2. The van der Waals surface area contributed by atoms with Crippen LogP contribution in [0.2, 0.25) is 0 Å². The van der Waals surface area contributed by atoms with Gasteiger partial charge in [-0.25, -0.2) is 9.13 Å². The first kappa shape index (κ1) is 25.8. The molecule has 0 unspecified atom stereocenters. The number of benzene rings is 1. The highest BCUT2D eigenvalue weighted by atomic mass is 31.2. The quantitative estimate of drug-likeness (QED) is 0.202. The van der Waals surface area contributed by atoms with E-state index in [2.05, 4.69) is 73.7 Å². The van der Waals surface area contributed by atoms with Crippen molar-refractivity contribution < 1.29 is 18.2 Å². The summed E-state index contributed by atoms with van der Waals surface area (Å²) in [6, 6.07) is 6.64. The van der Waals surface area contributed by atoms with Crippen LogP contribution in [0.3, 0.4) is 0 Å². The highest BCUT2D eigenvalue weighted by Crippen LogP contribution is 2.51. The van der Waals surface area contributed by atoms with Crippen molar-refractivity contribution >= 4 is 7.60 Å². The second kappa shape index (κ2) is 11.4. The number of aryl methyl sites for hydroxylation is 1. The van der Waals surface area contributed by atoms with Crippen LogP contribution in [-0.4, -0.2) is 22.9 Å². The van der Waals surface area contributed by atoms with E-state index in [9.17, 15) is 4.57 Å². The Morgan fingerprint density at radius 2 is 1.45 bits per heavy atom. The van der Waals surface area contributed by atoms with Crippen molar-refractivity contribution in [2.75, 3.05) is 6.16 Å². The minimum absolute atomic E-state index is 0.107. The van der Waals surface area contributed by atoms with Gasteiger partial charge in [0, 0.05) is 11.1 Å². The fraction of sp³-hybridized carbons (Fsp3) is 0.640. The minimum atomic E-state index is -3.05. The van der Waals surface area contributed by atoms with Gasteiger partial charge in [-0.3, -0.25) is 4.57 Å². The molecule has 0 spiro atoms. The summed E-state index contributed by atoms with van der Waals surface area (Å²) >= 11 is 0. The predicted octanol–water partition coefficient (Wildman–Crippen LogP) is 6.83. The van der Waals surface area contributed by atoms with Crippen molar-refractivity contribution in [2.45, 2.75) is 98.8 Å². The van der Waals surface area contributed by atoms with Gasteiger partial charge in [-0.05, 0) is 52.4 Å². The third-order valence-corrected chi connectivity index (χ3v) is 7.48. The van der Waals surface area contributed by atoms with Crippen molar-refractivity contribution in [3.63, 3.8) is 0 Å². The molecule has 0 amide bonds. The van der Waals surface area contributed by atoms with Crippen LogP contribution >= 0.6 is 7.60 Å². The lowest BCUT2D eigenvalue weighted by atomic mass is 9.92. The Hall–Kier alpha value is -1.42. The molecule has 1 heterocycles. The minimum Gasteiger partial charge on any atom is -0.306 e. The molecule has 6 heteroatoms. The molecule has 5 nitrogen and oxygen atoms in total. The van der Waals surface area contributed by atoms with Gasteiger partial charge in [-0.1, -0.05) is 45.9 Å². The molecule has 2 aromatic rings. The Balaban J connectivity index is 2.07. The molecule has 0 aliphatic heterocycles. The Morgan fingerprint density at radius 3 is 1.94 bits per heavy atom. The van der Waals surface area contributed by atoms with Gasteiger partial charge < -0.3 is 9.05 Å². The highest BCUT2D eigenvalue weighted by Gasteiger charge is 2.27. The lowest BCUT2D eigenvalue weighted by molar-refractivity contribution is -0.696. The first-order chi connectivity index (χ1) is 14.5. The van der Waals surface area contributed by atoms with Crippen LogP contribution in [-0.2, 0) is 20.2 Å². The van der Waals surface area contributed by atoms with Gasteiger partial charge in [0.25, 0.3) is 0 Å². The first-order valence-electron chi connectivity index (χ1n) is 11.7. The van der Waals surface area contributed by atoms with Crippen molar-refractivity contribution in [1.82, 2.24) is 4.57 Å². The molecular weight excluding hydrogens is 407 g/mol. The highest BCUT2D eigenvalue weighted by molar-refractivity contribution is 7.53. The average molecular weight is 450 g/mol. The second-order valence-electron chi connectivity index (χ2n) is 9.50. The van der Waals surface area contributed by atoms with E-state index in [0.717, 1.165) is 19.4 Å². The Morgan fingerprint density at radius 1 is 0.903 bits per heavy atom. The zero-order chi connectivity index (χ0) is 23.2. The third-order valence-electron chi connectivity index (χ3n) is 5.13. The largest absolute Gasteiger partial charge is 0.331 e. The van der Waals surface area contributed by atoms with Gasteiger partial charge in [0.05, 0.1) is 24.9 Å². The number of unbranched alkanes of at least 4 members (excludes halogenated alkanes) is 1. The van der Waals surface area contributed by atoms with Crippen LogP contribution in [0, 0.1) is 0 Å². The number of aromatic nitrogens is 2. The number of para-hydroxylation sites is 1. The van der Waals surface area contributed by atoms with E-state index in [1.54, 1.807) is 0 Å². The van der Waals surface area contributed by atoms with Crippen LogP contribution < -0.4 is 4.57 Å². The molecule has 0 aliphatic carbocycles. The van der Waals surface area contributed by atoms with Gasteiger partial charge in [0.2, 0.25) is 6.33 Å². The van der Waals surface area contributed by atoms with Gasteiger partial charge >= 0.3 is 7.60 Å². The van der Waals surface area contributed by atoms with Gasteiger partial charge in [-0.2, -0.15) is 0 Å². The molecule has 0 N–H and O–H groups in total. The maximum absolute atomic E-state index is 13.0. The summed E-state index contributed by atoms with van der Waals surface area (Å²) < 4.78 is 28.8. The van der Waals surface area contributed by atoms with Crippen molar-refractivity contribution in [2.24, 2.45) is 0 Å². The summed E-state index contributed by atoms with van der Waals surface area (Å²) in [5.41, 5.74) is 4.03. The van der Waals surface area contributed by atoms with Gasteiger partial charge in [0.1, 0.15) is 18.1 Å². The molecule has 0 aliphatic rings. The molecule has 0 saturated heterocycles. The zero-order valence-electron chi connectivity index (χ0n) is 20.7. The Labute approximate surface area is 189 Å². The topological polar surface area (TPSA) is 44.3 Å². The molecule has 0 saturated carbocycles. The fourth-order valence-corrected chi connectivity index (χ4v) is 6.00. The number of rotatable bonds is 12. The van der Waals surface area contributed by atoms with Crippen LogP contribution in [0.1, 0.15) is 91.2 Å². The molecule has 0 atom stereocenters. The average Bonchev–Trinajstić information content (AvgIpc) is 3.11. The third kappa shape index (κ3) is 7.59. The Bertz CT molecular complexity index is 831. The number of hydrogen-bond donors (Lipinski definition) is 0. The summed E-state index contributed by atoms with van der Waals surface area (Å²) in [5, 5.41) is 0. The van der Waals surface area contributed by atoms with Crippen LogP contribution in [0.25, 0.3) is 5.69 Å². The second-order valence-corrected chi connectivity index (χ2v) is 11.6. The van der Waals surface area contributed by atoms with Gasteiger partial charge in [0.15, 0.2) is 0 Å².